The number of benzene rings is 1. The molecule has 2 aromatic heterocycles. The number of aryl methyl sites for hydroxylation is 1. The van der Waals surface area contributed by atoms with Crippen molar-refractivity contribution in [2.24, 2.45) is 0 Å². The maximum Gasteiger partial charge on any atom is 0.124 e. The van der Waals surface area contributed by atoms with Crippen LogP contribution in [0.15, 0.2) is 47.3 Å². The zero-order valence-corrected chi connectivity index (χ0v) is 10.1. The number of nitrogens with zero attached hydrogens (tertiary/aromatic N) is 2. The third-order valence-electron chi connectivity index (χ3n) is 2.92. The molecule has 0 saturated heterocycles. The van der Waals surface area contributed by atoms with E-state index in [1.54, 1.807) is 6.26 Å². The van der Waals surface area contributed by atoms with E-state index in [1.807, 2.05) is 24.4 Å². The maximum atomic E-state index is 4.81. The predicted octanol–water partition coefficient (Wildman–Crippen LogP) is 3.14. The van der Waals surface area contributed by atoms with Crippen molar-refractivity contribution in [2.75, 3.05) is 5.32 Å². The summed E-state index contributed by atoms with van der Waals surface area (Å²) < 4.78 is 4.81. The summed E-state index contributed by atoms with van der Waals surface area (Å²) in [6.07, 6.45) is 3.40. The van der Waals surface area contributed by atoms with Crippen LogP contribution in [0.3, 0.4) is 0 Å². The van der Waals surface area contributed by atoms with Crippen LogP contribution in [0, 0.1) is 6.92 Å². The zero-order chi connectivity index (χ0) is 12.4. The molecule has 3 aromatic rings. The molecule has 1 aromatic carbocycles. The van der Waals surface area contributed by atoms with Gasteiger partial charge in [-0.15, -0.1) is 0 Å². The molecule has 1 N–H and O–H groups in total. The molecular weight excluding hydrogens is 226 g/mol. The monoisotopic (exact) mass is 239 g/mol. The van der Waals surface area contributed by atoms with Crippen molar-refractivity contribution in [3.8, 4) is 0 Å². The van der Waals surface area contributed by atoms with Crippen molar-refractivity contribution in [1.82, 2.24) is 10.1 Å². The maximum absolute atomic E-state index is 4.81. The van der Waals surface area contributed by atoms with Crippen LogP contribution < -0.4 is 5.32 Å². The zero-order valence-electron chi connectivity index (χ0n) is 10.1. The third kappa shape index (κ3) is 1.93. The molecular formula is C14H13N3O. The van der Waals surface area contributed by atoms with E-state index in [0.717, 1.165) is 22.3 Å². The number of nitrogens with one attached hydrogen (secondary N) is 1. The minimum absolute atomic E-state index is 0.642. The third-order valence-corrected chi connectivity index (χ3v) is 2.92. The quantitative estimate of drug-likeness (QED) is 0.762. The first kappa shape index (κ1) is 10.8. The average molecular weight is 239 g/mol. The van der Waals surface area contributed by atoms with Gasteiger partial charge in [-0.05, 0) is 18.6 Å². The van der Waals surface area contributed by atoms with Gasteiger partial charge in [0.05, 0.1) is 12.1 Å². The summed E-state index contributed by atoms with van der Waals surface area (Å²) in [7, 11) is 0. The second kappa shape index (κ2) is 4.49. The van der Waals surface area contributed by atoms with Crippen molar-refractivity contribution in [1.29, 1.82) is 0 Å². The number of para-hydroxylation sites is 1. The summed E-state index contributed by atoms with van der Waals surface area (Å²) in [6, 6.07) is 10.0. The molecule has 0 amide bonds. The Morgan fingerprint density at radius 2 is 2.17 bits per heavy atom. The highest BCUT2D eigenvalue weighted by Crippen LogP contribution is 2.23. The first-order chi connectivity index (χ1) is 8.84. The molecule has 0 saturated carbocycles. The van der Waals surface area contributed by atoms with Crippen molar-refractivity contribution >= 4 is 16.6 Å². The highest BCUT2D eigenvalue weighted by molar-refractivity contribution is 5.92. The number of hydrogen-bond donors (Lipinski definition) is 1. The average Bonchev–Trinajstić information content (AvgIpc) is 2.90. The Labute approximate surface area is 105 Å². The van der Waals surface area contributed by atoms with Gasteiger partial charge in [0.15, 0.2) is 0 Å². The lowest BCUT2D eigenvalue weighted by Gasteiger charge is -2.09. The van der Waals surface area contributed by atoms with Crippen LogP contribution in [0.25, 0.3) is 10.9 Å². The van der Waals surface area contributed by atoms with E-state index in [0.29, 0.717) is 6.54 Å². The van der Waals surface area contributed by atoms with Gasteiger partial charge >= 0.3 is 0 Å². The fourth-order valence-electron chi connectivity index (χ4n) is 1.99. The lowest BCUT2D eigenvalue weighted by atomic mass is 10.1. The molecule has 0 aliphatic heterocycles. The smallest absolute Gasteiger partial charge is 0.124 e. The van der Waals surface area contributed by atoms with Gasteiger partial charge in [0.2, 0.25) is 0 Å². The normalized spacial score (nSPS) is 10.7. The summed E-state index contributed by atoms with van der Waals surface area (Å²) in [4.78, 5) is 4.41. The van der Waals surface area contributed by atoms with Crippen molar-refractivity contribution in [3.05, 3.63) is 54.0 Å². The number of aromatic nitrogens is 2. The van der Waals surface area contributed by atoms with Crippen LogP contribution in [-0.2, 0) is 6.54 Å². The SMILES string of the molecule is Cc1cccc2c(NCc3ccon3)ccnc12. The number of anilines is 1. The first-order valence-corrected chi connectivity index (χ1v) is 5.82. The molecule has 0 bridgehead atoms. The minimum Gasteiger partial charge on any atom is -0.379 e. The molecule has 4 nitrogen and oxygen atoms in total. The Hall–Kier alpha value is -2.36. The Morgan fingerprint density at radius 3 is 3.00 bits per heavy atom. The van der Waals surface area contributed by atoms with E-state index in [1.165, 1.54) is 5.56 Å². The molecule has 0 spiro atoms. The second-order valence-electron chi connectivity index (χ2n) is 4.17. The molecule has 0 aliphatic rings. The van der Waals surface area contributed by atoms with E-state index in [-0.39, 0.29) is 0 Å². The van der Waals surface area contributed by atoms with Crippen LogP contribution in [-0.4, -0.2) is 10.1 Å². The number of pyridine rings is 1. The van der Waals surface area contributed by atoms with Crippen molar-refractivity contribution < 1.29 is 4.52 Å². The minimum atomic E-state index is 0.642. The van der Waals surface area contributed by atoms with Crippen LogP contribution in [0.5, 0.6) is 0 Å². The number of fused-ring (bicyclic) bond motifs is 1. The lowest BCUT2D eigenvalue weighted by Crippen LogP contribution is -2.00. The molecule has 0 radical (unpaired) electrons. The van der Waals surface area contributed by atoms with E-state index in [2.05, 4.69) is 34.5 Å². The molecule has 0 fully saturated rings. The summed E-state index contributed by atoms with van der Waals surface area (Å²) >= 11 is 0. The number of rotatable bonds is 3. The number of hydrogen-bond acceptors (Lipinski definition) is 4. The van der Waals surface area contributed by atoms with Gasteiger partial charge in [-0.3, -0.25) is 4.98 Å². The second-order valence-corrected chi connectivity index (χ2v) is 4.17. The summed E-state index contributed by atoms with van der Waals surface area (Å²) in [5.74, 6) is 0. The first-order valence-electron chi connectivity index (χ1n) is 5.82. The highest BCUT2D eigenvalue weighted by atomic mass is 16.5. The molecule has 0 aliphatic carbocycles. The Balaban J connectivity index is 1.94. The van der Waals surface area contributed by atoms with E-state index >= 15 is 0 Å². The van der Waals surface area contributed by atoms with Gasteiger partial charge < -0.3 is 9.84 Å². The Morgan fingerprint density at radius 1 is 1.22 bits per heavy atom. The van der Waals surface area contributed by atoms with Crippen molar-refractivity contribution in [2.45, 2.75) is 13.5 Å². The molecule has 90 valence electrons. The van der Waals surface area contributed by atoms with Crippen LogP contribution in [0.1, 0.15) is 11.3 Å². The molecule has 0 unspecified atom stereocenters. The molecule has 3 rings (SSSR count). The Kier molecular flexibility index (Phi) is 2.68. The van der Waals surface area contributed by atoms with Gasteiger partial charge in [0.1, 0.15) is 12.0 Å². The standard InChI is InChI=1S/C14H13N3O/c1-10-3-2-4-12-13(5-7-15-14(10)12)16-9-11-6-8-18-17-11/h2-8H,9H2,1H3,(H,15,16). The molecule has 2 heterocycles. The summed E-state index contributed by atoms with van der Waals surface area (Å²) in [6.45, 7) is 2.71. The van der Waals surface area contributed by atoms with Crippen LogP contribution in [0.2, 0.25) is 0 Å². The molecule has 18 heavy (non-hydrogen) atoms. The fourth-order valence-corrected chi connectivity index (χ4v) is 1.99. The van der Waals surface area contributed by atoms with Crippen LogP contribution in [0.4, 0.5) is 5.69 Å². The largest absolute Gasteiger partial charge is 0.379 e. The summed E-state index contributed by atoms with van der Waals surface area (Å²) in [5.41, 5.74) is 4.15. The van der Waals surface area contributed by atoms with E-state index < -0.39 is 0 Å². The lowest BCUT2D eigenvalue weighted by molar-refractivity contribution is 0.412. The van der Waals surface area contributed by atoms with Crippen LogP contribution >= 0.6 is 0 Å². The van der Waals surface area contributed by atoms with E-state index in [4.69, 9.17) is 4.52 Å². The molecule has 0 atom stereocenters. The predicted molar refractivity (Wildman–Crippen MR) is 70.3 cm³/mol. The van der Waals surface area contributed by atoms with Gasteiger partial charge in [-0.1, -0.05) is 23.4 Å². The van der Waals surface area contributed by atoms with Gasteiger partial charge in [0.25, 0.3) is 0 Å². The molecule has 4 heteroatoms. The van der Waals surface area contributed by atoms with Gasteiger partial charge in [-0.2, -0.15) is 0 Å². The van der Waals surface area contributed by atoms with E-state index in [9.17, 15) is 0 Å². The fraction of sp³-hybridized carbons (Fsp3) is 0.143. The highest BCUT2D eigenvalue weighted by Gasteiger charge is 2.04. The van der Waals surface area contributed by atoms with Crippen molar-refractivity contribution in [3.63, 3.8) is 0 Å². The summed E-state index contributed by atoms with van der Waals surface area (Å²) in [5, 5.41) is 8.36. The Bertz CT molecular complexity index is 662. The van der Waals surface area contributed by atoms with Gasteiger partial charge in [0, 0.05) is 23.3 Å². The van der Waals surface area contributed by atoms with Gasteiger partial charge in [-0.25, -0.2) is 0 Å². The topological polar surface area (TPSA) is 51.0 Å².